The predicted octanol–water partition coefficient (Wildman–Crippen LogP) is 0.424. The quantitative estimate of drug-likeness (QED) is 0.778. The fourth-order valence-corrected chi connectivity index (χ4v) is 2.81. The molecule has 1 aromatic carbocycles. The third-order valence-electron chi connectivity index (χ3n) is 2.97. The van der Waals surface area contributed by atoms with Crippen molar-refractivity contribution in [2.75, 3.05) is 6.54 Å². The van der Waals surface area contributed by atoms with E-state index in [1.165, 1.54) is 54.2 Å². The molecule has 0 unspecified atom stereocenters. The number of nitrogens with zero attached hydrogens (tertiary/aromatic N) is 2. The molecule has 7 nitrogen and oxygen atoms in total. The topological polar surface area (TPSA) is 98.1 Å². The van der Waals surface area contributed by atoms with Crippen LogP contribution in [0.4, 0.5) is 0 Å². The van der Waals surface area contributed by atoms with Gasteiger partial charge in [0.05, 0.1) is 11.4 Å². The fourth-order valence-electron chi connectivity index (χ4n) is 1.79. The molecule has 2 aromatic rings. The van der Waals surface area contributed by atoms with E-state index in [1.54, 1.807) is 0 Å². The minimum atomic E-state index is -3.69. The number of carbonyl (C=O) groups is 1. The monoisotopic (exact) mass is 321 g/mol. The van der Waals surface area contributed by atoms with Crippen molar-refractivity contribution < 1.29 is 13.2 Å². The van der Waals surface area contributed by atoms with Crippen molar-refractivity contribution in [1.82, 2.24) is 14.5 Å². The van der Waals surface area contributed by atoms with Crippen LogP contribution in [0.15, 0.2) is 52.3 Å². The highest BCUT2D eigenvalue weighted by Gasteiger charge is 2.13. The number of ketones is 1. The maximum absolute atomic E-state index is 12.1. The maximum atomic E-state index is 12.1. The molecule has 8 heteroatoms. The highest BCUT2D eigenvalue weighted by molar-refractivity contribution is 7.89. The summed E-state index contributed by atoms with van der Waals surface area (Å²) in [5, 5.41) is 3.83. The molecule has 0 bridgehead atoms. The standard InChI is InChI=1S/C14H15N3O4S/c1-11(18)12-4-6-13(7-5-12)22(20,21)16-9-10-17-14(19)3-2-8-15-17/h2-8,16H,9-10H2,1H3. The number of hydrogen-bond donors (Lipinski definition) is 1. The molecule has 0 radical (unpaired) electrons. The highest BCUT2D eigenvalue weighted by atomic mass is 32.2. The second-order valence-corrected chi connectivity index (χ2v) is 6.33. The summed E-state index contributed by atoms with van der Waals surface area (Å²) in [5.41, 5.74) is 0.145. The smallest absolute Gasteiger partial charge is 0.266 e. The van der Waals surface area contributed by atoms with E-state index in [0.717, 1.165) is 0 Å². The molecule has 0 aliphatic carbocycles. The van der Waals surface area contributed by atoms with Gasteiger partial charge in [0.25, 0.3) is 5.56 Å². The minimum Gasteiger partial charge on any atom is -0.295 e. The average Bonchev–Trinajstić information content (AvgIpc) is 2.49. The molecule has 116 valence electrons. The first-order chi connectivity index (χ1) is 10.4. The van der Waals surface area contributed by atoms with E-state index in [1.807, 2.05) is 0 Å². The van der Waals surface area contributed by atoms with Crippen LogP contribution in [0, 0.1) is 0 Å². The molecule has 0 amide bonds. The lowest BCUT2D eigenvalue weighted by Gasteiger charge is -2.08. The molecular formula is C14H15N3O4S. The van der Waals surface area contributed by atoms with Crippen LogP contribution in [0.3, 0.4) is 0 Å². The second-order valence-electron chi connectivity index (χ2n) is 4.56. The van der Waals surface area contributed by atoms with Gasteiger partial charge < -0.3 is 0 Å². The SMILES string of the molecule is CC(=O)c1ccc(S(=O)(=O)NCCn2ncccc2=O)cc1. The Balaban J connectivity index is 2.03. The third-order valence-corrected chi connectivity index (χ3v) is 4.45. The van der Waals surface area contributed by atoms with E-state index in [4.69, 9.17) is 0 Å². The Kier molecular flexibility index (Phi) is 4.84. The molecule has 0 saturated heterocycles. The van der Waals surface area contributed by atoms with Crippen molar-refractivity contribution in [2.45, 2.75) is 18.4 Å². The van der Waals surface area contributed by atoms with Crippen LogP contribution in [0.2, 0.25) is 0 Å². The largest absolute Gasteiger partial charge is 0.295 e. The molecule has 22 heavy (non-hydrogen) atoms. The molecule has 1 heterocycles. The lowest BCUT2D eigenvalue weighted by atomic mass is 10.2. The first-order valence-corrected chi connectivity index (χ1v) is 8.01. The Hall–Kier alpha value is -2.32. The number of sulfonamides is 1. The number of rotatable bonds is 6. The Morgan fingerprint density at radius 3 is 2.50 bits per heavy atom. The van der Waals surface area contributed by atoms with Gasteiger partial charge in [-0.3, -0.25) is 9.59 Å². The van der Waals surface area contributed by atoms with E-state index in [9.17, 15) is 18.0 Å². The van der Waals surface area contributed by atoms with Crippen LogP contribution in [0.5, 0.6) is 0 Å². The second kappa shape index (κ2) is 6.63. The lowest BCUT2D eigenvalue weighted by Crippen LogP contribution is -2.31. The maximum Gasteiger partial charge on any atom is 0.266 e. The van der Waals surface area contributed by atoms with Crippen LogP contribution in [-0.2, 0) is 16.6 Å². The van der Waals surface area contributed by atoms with E-state index < -0.39 is 10.0 Å². The third kappa shape index (κ3) is 3.86. The first kappa shape index (κ1) is 16.1. The van der Waals surface area contributed by atoms with Crippen molar-refractivity contribution in [3.8, 4) is 0 Å². The molecule has 0 aliphatic rings. The average molecular weight is 321 g/mol. The van der Waals surface area contributed by atoms with Gasteiger partial charge in [-0.15, -0.1) is 0 Å². The Morgan fingerprint density at radius 1 is 1.23 bits per heavy atom. The van der Waals surface area contributed by atoms with Crippen molar-refractivity contribution in [1.29, 1.82) is 0 Å². The molecule has 1 aromatic heterocycles. The normalized spacial score (nSPS) is 11.3. The molecule has 0 fully saturated rings. The van der Waals surface area contributed by atoms with Gasteiger partial charge in [-0.2, -0.15) is 5.10 Å². The highest BCUT2D eigenvalue weighted by Crippen LogP contribution is 2.10. The van der Waals surface area contributed by atoms with E-state index in [-0.39, 0.29) is 29.3 Å². The molecule has 0 saturated carbocycles. The van der Waals surface area contributed by atoms with E-state index >= 15 is 0 Å². The fraction of sp³-hybridized carbons (Fsp3) is 0.214. The summed E-state index contributed by atoms with van der Waals surface area (Å²) in [6, 6.07) is 8.51. The van der Waals surface area contributed by atoms with Gasteiger partial charge in [0, 0.05) is 24.4 Å². The Labute approximate surface area is 127 Å². The summed E-state index contributed by atoms with van der Waals surface area (Å²) in [6.07, 6.45) is 1.45. The van der Waals surface area contributed by atoms with Crippen LogP contribution < -0.4 is 10.3 Å². The van der Waals surface area contributed by atoms with E-state index in [2.05, 4.69) is 9.82 Å². The number of benzene rings is 1. The summed E-state index contributed by atoms with van der Waals surface area (Å²) >= 11 is 0. The van der Waals surface area contributed by atoms with Gasteiger partial charge in [0.1, 0.15) is 0 Å². The zero-order chi connectivity index (χ0) is 16.2. The van der Waals surface area contributed by atoms with Crippen molar-refractivity contribution in [2.24, 2.45) is 0 Å². The number of Topliss-reactive ketones (excluding diaryl/α,β-unsaturated/α-hetero) is 1. The van der Waals surface area contributed by atoms with Gasteiger partial charge in [-0.05, 0) is 25.1 Å². The van der Waals surface area contributed by atoms with Gasteiger partial charge in [0.15, 0.2) is 5.78 Å². The number of carbonyl (C=O) groups excluding carboxylic acids is 1. The lowest BCUT2D eigenvalue weighted by molar-refractivity contribution is 0.101. The first-order valence-electron chi connectivity index (χ1n) is 6.53. The summed E-state index contributed by atoms with van der Waals surface area (Å²) in [4.78, 5) is 22.7. The Bertz CT molecular complexity index is 826. The van der Waals surface area contributed by atoms with Crippen molar-refractivity contribution in [3.63, 3.8) is 0 Å². The molecule has 2 rings (SSSR count). The molecule has 0 atom stereocenters. The van der Waals surface area contributed by atoms with Gasteiger partial charge >= 0.3 is 0 Å². The summed E-state index contributed by atoms with van der Waals surface area (Å²) in [7, 11) is -3.69. The van der Waals surface area contributed by atoms with Crippen LogP contribution in [0.1, 0.15) is 17.3 Å². The summed E-state index contributed by atoms with van der Waals surface area (Å²) in [5.74, 6) is -0.133. The van der Waals surface area contributed by atoms with Crippen LogP contribution in [0.25, 0.3) is 0 Å². The Morgan fingerprint density at radius 2 is 1.91 bits per heavy atom. The zero-order valence-corrected chi connectivity index (χ0v) is 12.7. The molecular weight excluding hydrogens is 306 g/mol. The van der Waals surface area contributed by atoms with Crippen LogP contribution in [-0.4, -0.2) is 30.5 Å². The van der Waals surface area contributed by atoms with Crippen molar-refractivity contribution >= 4 is 15.8 Å². The summed E-state index contributed by atoms with van der Waals surface area (Å²) in [6.45, 7) is 1.57. The minimum absolute atomic E-state index is 0.0354. The molecule has 0 aliphatic heterocycles. The van der Waals surface area contributed by atoms with Gasteiger partial charge in [-0.1, -0.05) is 12.1 Å². The summed E-state index contributed by atoms with van der Waals surface area (Å²) < 4.78 is 27.7. The number of nitrogens with one attached hydrogen (secondary N) is 1. The molecule has 0 spiro atoms. The predicted molar refractivity (Wildman–Crippen MR) is 80.1 cm³/mol. The molecule has 1 N–H and O–H groups in total. The van der Waals surface area contributed by atoms with E-state index in [0.29, 0.717) is 5.56 Å². The van der Waals surface area contributed by atoms with Crippen LogP contribution >= 0.6 is 0 Å². The van der Waals surface area contributed by atoms with Gasteiger partial charge in [-0.25, -0.2) is 17.8 Å². The number of aromatic nitrogens is 2. The van der Waals surface area contributed by atoms with Gasteiger partial charge in [0.2, 0.25) is 10.0 Å². The van der Waals surface area contributed by atoms with Crippen molar-refractivity contribution in [3.05, 3.63) is 58.5 Å². The zero-order valence-electron chi connectivity index (χ0n) is 11.9. The number of hydrogen-bond acceptors (Lipinski definition) is 5.